The number of aromatic nitrogens is 1. The molecule has 0 unspecified atom stereocenters. The highest BCUT2D eigenvalue weighted by Crippen LogP contribution is 2.34. The summed E-state index contributed by atoms with van der Waals surface area (Å²) in [6.45, 7) is 0. The number of hydrogen-bond acceptors (Lipinski definition) is 3. The molecule has 5 rings (SSSR count). The second-order valence-electron chi connectivity index (χ2n) is 8.48. The highest BCUT2D eigenvalue weighted by molar-refractivity contribution is 7.92. The predicted molar refractivity (Wildman–Crippen MR) is 138 cm³/mol. The van der Waals surface area contributed by atoms with E-state index >= 15 is 0 Å². The number of sulfonamides is 1. The van der Waals surface area contributed by atoms with Gasteiger partial charge in [0.2, 0.25) is 0 Å². The Morgan fingerprint density at radius 1 is 0.842 bits per heavy atom. The van der Waals surface area contributed by atoms with Gasteiger partial charge < -0.3 is 9.67 Å². The first-order valence-electron chi connectivity index (χ1n) is 11.3. The number of benzene rings is 4. The molecule has 0 saturated carbocycles. The minimum atomic E-state index is -4.41. The van der Waals surface area contributed by atoms with E-state index in [0.29, 0.717) is 16.9 Å². The summed E-state index contributed by atoms with van der Waals surface area (Å²) in [5.74, 6) is -1.16. The topological polar surface area (TPSA) is 88.4 Å². The van der Waals surface area contributed by atoms with Gasteiger partial charge in [-0.1, -0.05) is 30.3 Å². The highest BCUT2D eigenvalue weighted by Gasteiger charge is 2.30. The quantitative estimate of drug-likeness (QED) is 0.249. The molecule has 0 atom stereocenters. The Morgan fingerprint density at radius 2 is 1.53 bits per heavy atom. The molecule has 0 saturated heterocycles. The minimum Gasteiger partial charge on any atom is -0.478 e. The van der Waals surface area contributed by atoms with Crippen molar-refractivity contribution in [3.8, 4) is 16.8 Å². The molecule has 0 spiro atoms. The lowest BCUT2D eigenvalue weighted by atomic mass is 10.0. The zero-order chi connectivity index (χ0) is 27.1. The van der Waals surface area contributed by atoms with Crippen molar-refractivity contribution in [2.24, 2.45) is 0 Å². The molecule has 0 amide bonds. The second kappa shape index (κ2) is 9.38. The van der Waals surface area contributed by atoms with Crippen LogP contribution in [0.3, 0.4) is 0 Å². The molecule has 10 heteroatoms. The zero-order valence-corrected chi connectivity index (χ0v) is 20.3. The molecule has 0 fully saturated rings. The van der Waals surface area contributed by atoms with E-state index in [1.165, 1.54) is 36.4 Å². The van der Waals surface area contributed by atoms with Gasteiger partial charge in [0, 0.05) is 17.3 Å². The van der Waals surface area contributed by atoms with Crippen LogP contribution in [0.2, 0.25) is 0 Å². The molecule has 0 aliphatic carbocycles. The zero-order valence-electron chi connectivity index (χ0n) is 19.5. The van der Waals surface area contributed by atoms with Gasteiger partial charge >= 0.3 is 12.1 Å². The lowest BCUT2D eigenvalue weighted by Crippen LogP contribution is -2.13. The number of carboxylic acids is 1. The van der Waals surface area contributed by atoms with Crippen molar-refractivity contribution in [1.29, 1.82) is 0 Å². The number of alkyl halides is 3. The summed E-state index contributed by atoms with van der Waals surface area (Å²) >= 11 is 0. The number of anilines is 1. The lowest BCUT2D eigenvalue weighted by Gasteiger charge is -2.12. The summed E-state index contributed by atoms with van der Waals surface area (Å²) in [6.07, 6.45) is -2.61. The van der Waals surface area contributed by atoms with Crippen LogP contribution in [0.25, 0.3) is 27.7 Å². The Balaban J connectivity index is 1.46. The van der Waals surface area contributed by atoms with Crippen LogP contribution in [0, 0.1) is 0 Å². The molecule has 0 radical (unpaired) electrons. The highest BCUT2D eigenvalue weighted by atomic mass is 32.2. The molecule has 6 nitrogen and oxygen atoms in total. The fourth-order valence-corrected chi connectivity index (χ4v) is 5.24. The van der Waals surface area contributed by atoms with E-state index in [1.807, 2.05) is 22.8 Å². The Bertz CT molecular complexity index is 1760. The molecule has 0 aliphatic heterocycles. The summed E-state index contributed by atoms with van der Waals surface area (Å²) in [4.78, 5) is 11.0. The third-order valence-corrected chi connectivity index (χ3v) is 7.44. The van der Waals surface area contributed by atoms with E-state index in [-0.39, 0.29) is 10.5 Å². The van der Waals surface area contributed by atoms with Crippen LogP contribution in [0.1, 0.15) is 15.9 Å². The molecular formula is C28H19F3N2O4S. The van der Waals surface area contributed by atoms with Crippen molar-refractivity contribution in [2.75, 3.05) is 4.72 Å². The molecule has 4 aromatic carbocycles. The van der Waals surface area contributed by atoms with Crippen LogP contribution >= 0.6 is 0 Å². The summed E-state index contributed by atoms with van der Waals surface area (Å²) in [6, 6.07) is 23.9. The standard InChI is InChI=1S/C28H19F3N2O4S/c29-28(30,31)20-11-7-18(8-12-20)24-5-2-6-26-25(24)15-16-33(26)22-4-1-3-21(17-22)32-38(36,37)23-13-9-19(10-14-23)27(34)35/h1-17,32H,(H,34,35). The van der Waals surface area contributed by atoms with Crippen LogP contribution in [-0.4, -0.2) is 24.1 Å². The normalized spacial score (nSPS) is 12.0. The maximum atomic E-state index is 13.0. The second-order valence-corrected chi connectivity index (χ2v) is 10.2. The number of fused-ring (bicyclic) bond motifs is 1. The first-order valence-corrected chi connectivity index (χ1v) is 12.8. The number of hydrogen-bond donors (Lipinski definition) is 2. The number of carbonyl (C=O) groups is 1. The predicted octanol–water partition coefficient (Wildman–Crippen LogP) is 6.82. The summed E-state index contributed by atoms with van der Waals surface area (Å²) in [5.41, 5.74) is 2.39. The number of nitrogens with one attached hydrogen (secondary N) is 1. The Kier molecular flexibility index (Phi) is 6.20. The smallest absolute Gasteiger partial charge is 0.416 e. The third kappa shape index (κ3) is 4.85. The van der Waals surface area contributed by atoms with Gasteiger partial charge in [0.1, 0.15) is 0 Å². The maximum absolute atomic E-state index is 13.0. The lowest BCUT2D eigenvalue weighted by molar-refractivity contribution is -0.137. The largest absolute Gasteiger partial charge is 0.478 e. The molecular weight excluding hydrogens is 517 g/mol. The fraction of sp³-hybridized carbons (Fsp3) is 0.0357. The van der Waals surface area contributed by atoms with E-state index in [2.05, 4.69) is 4.72 Å². The van der Waals surface area contributed by atoms with Crippen molar-refractivity contribution in [1.82, 2.24) is 4.57 Å². The average molecular weight is 537 g/mol. The summed E-state index contributed by atoms with van der Waals surface area (Å²) in [5, 5.41) is 9.84. The van der Waals surface area contributed by atoms with Crippen molar-refractivity contribution < 1.29 is 31.5 Å². The molecule has 1 aromatic heterocycles. The van der Waals surface area contributed by atoms with E-state index < -0.39 is 27.7 Å². The first kappa shape index (κ1) is 25.1. The molecule has 2 N–H and O–H groups in total. The van der Waals surface area contributed by atoms with Crippen LogP contribution in [0.4, 0.5) is 18.9 Å². The van der Waals surface area contributed by atoms with Crippen LogP contribution in [0.15, 0.2) is 108 Å². The third-order valence-electron chi connectivity index (χ3n) is 6.04. The monoisotopic (exact) mass is 536 g/mol. The van der Waals surface area contributed by atoms with Crippen LogP contribution < -0.4 is 4.72 Å². The van der Waals surface area contributed by atoms with Crippen molar-refractivity contribution in [2.45, 2.75) is 11.1 Å². The minimum absolute atomic E-state index is 0.0268. The number of nitrogens with zero attached hydrogens (tertiary/aromatic N) is 1. The van der Waals surface area contributed by atoms with Gasteiger partial charge in [-0.15, -0.1) is 0 Å². The SMILES string of the molecule is O=C(O)c1ccc(S(=O)(=O)Nc2cccc(-n3ccc4c(-c5ccc(C(F)(F)F)cc5)cccc43)c2)cc1. The van der Waals surface area contributed by atoms with Crippen LogP contribution in [0.5, 0.6) is 0 Å². The van der Waals surface area contributed by atoms with Gasteiger partial charge in [-0.3, -0.25) is 4.72 Å². The number of rotatable bonds is 6. The Morgan fingerprint density at radius 3 is 2.18 bits per heavy atom. The fourth-order valence-electron chi connectivity index (χ4n) is 4.19. The van der Waals surface area contributed by atoms with E-state index in [0.717, 1.165) is 28.6 Å². The number of halogens is 3. The van der Waals surface area contributed by atoms with Crippen LogP contribution in [-0.2, 0) is 16.2 Å². The van der Waals surface area contributed by atoms with Gasteiger partial charge in [-0.05, 0) is 77.9 Å². The van der Waals surface area contributed by atoms with E-state index in [4.69, 9.17) is 5.11 Å². The molecule has 0 bridgehead atoms. The van der Waals surface area contributed by atoms with Gasteiger partial charge in [-0.2, -0.15) is 13.2 Å². The van der Waals surface area contributed by atoms with Crippen molar-refractivity contribution in [3.05, 3.63) is 114 Å². The molecule has 1 heterocycles. The maximum Gasteiger partial charge on any atom is 0.416 e. The summed E-state index contributed by atoms with van der Waals surface area (Å²) < 4.78 is 69.0. The van der Waals surface area contributed by atoms with E-state index in [1.54, 1.807) is 36.5 Å². The van der Waals surface area contributed by atoms with E-state index in [9.17, 15) is 26.4 Å². The molecule has 192 valence electrons. The first-order chi connectivity index (χ1) is 18.0. The Labute approximate surface area is 215 Å². The summed E-state index contributed by atoms with van der Waals surface area (Å²) in [7, 11) is -3.97. The van der Waals surface area contributed by atoms with Gasteiger partial charge in [0.15, 0.2) is 0 Å². The molecule has 5 aromatic rings. The van der Waals surface area contributed by atoms with Gasteiger partial charge in [-0.25, -0.2) is 13.2 Å². The van der Waals surface area contributed by atoms with Gasteiger partial charge in [0.25, 0.3) is 10.0 Å². The molecule has 0 aliphatic rings. The Hall–Kier alpha value is -4.57. The van der Waals surface area contributed by atoms with Gasteiger partial charge in [0.05, 0.1) is 27.2 Å². The van der Waals surface area contributed by atoms with Crippen molar-refractivity contribution >= 4 is 32.6 Å². The molecule has 38 heavy (non-hydrogen) atoms. The number of aromatic carboxylic acids is 1. The average Bonchev–Trinajstić information content (AvgIpc) is 3.33. The number of carboxylic acid groups (broad SMARTS) is 1. The van der Waals surface area contributed by atoms with Crippen molar-refractivity contribution in [3.63, 3.8) is 0 Å².